The summed E-state index contributed by atoms with van der Waals surface area (Å²) in [6, 6.07) is 9.36. The third-order valence-corrected chi connectivity index (χ3v) is 6.06. The number of amides is 2. The number of halogens is 1. The van der Waals surface area contributed by atoms with E-state index in [0.717, 1.165) is 10.2 Å². The number of likely N-dealkylation sites (tertiary alicyclic amines) is 1. The average Bonchev–Trinajstić information content (AvgIpc) is 3.30. The number of ether oxygens (including phenoxy) is 2. The Kier molecular flexibility index (Phi) is 6.69. The van der Waals surface area contributed by atoms with Gasteiger partial charge in [0.1, 0.15) is 17.5 Å². The maximum atomic E-state index is 12.9. The van der Waals surface area contributed by atoms with Crippen LogP contribution in [0, 0.1) is 5.92 Å². The summed E-state index contributed by atoms with van der Waals surface area (Å²) in [6.45, 7) is 3.39. The molecule has 4 rings (SSSR count). The molecular formula is C21H25BrN4O4. The van der Waals surface area contributed by atoms with Gasteiger partial charge in [-0.1, -0.05) is 22.0 Å². The van der Waals surface area contributed by atoms with Gasteiger partial charge < -0.3 is 19.3 Å². The van der Waals surface area contributed by atoms with Crippen LogP contribution in [0.5, 0.6) is 5.75 Å². The van der Waals surface area contributed by atoms with E-state index in [0.29, 0.717) is 57.9 Å². The predicted molar refractivity (Wildman–Crippen MR) is 113 cm³/mol. The van der Waals surface area contributed by atoms with Gasteiger partial charge in [0.15, 0.2) is 0 Å². The number of H-pyrrole nitrogens is 1. The number of carbonyl (C=O) groups excluding carboxylic acids is 2. The Bertz CT molecular complexity index is 870. The SMILES string of the molecule is O=C(C[C@H]1CN(C(=O)c2ccn[nH]2)CC[C@@H]1Oc1cccc(Br)c1)N1CCOCC1. The van der Waals surface area contributed by atoms with Gasteiger partial charge in [0.05, 0.1) is 13.2 Å². The molecule has 0 bridgehead atoms. The Morgan fingerprint density at radius 3 is 2.77 bits per heavy atom. The van der Waals surface area contributed by atoms with Crippen molar-refractivity contribution < 1.29 is 19.1 Å². The zero-order chi connectivity index (χ0) is 20.9. The maximum absolute atomic E-state index is 12.9. The maximum Gasteiger partial charge on any atom is 0.271 e. The lowest BCUT2D eigenvalue weighted by molar-refractivity contribution is -0.137. The normalized spacial score (nSPS) is 22.0. The minimum Gasteiger partial charge on any atom is -0.490 e. The molecule has 1 aromatic heterocycles. The number of nitrogens with zero attached hydrogens (tertiary/aromatic N) is 3. The van der Waals surface area contributed by atoms with E-state index in [1.165, 1.54) is 0 Å². The number of nitrogens with one attached hydrogen (secondary N) is 1. The van der Waals surface area contributed by atoms with E-state index >= 15 is 0 Å². The van der Waals surface area contributed by atoms with Crippen LogP contribution < -0.4 is 4.74 Å². The van der Waals surface area contributed by atoms with E-state index in [-0.39, 0.29) is 23.8 Å². The van der Waals surface area contributed by atoms with E-state index < -0.39 is 0 Å². The number of aromatic nitrogens is 2. The topological polar surface area (TPSA) is 87.8 Å². The molecule has 2 aliphatic heterocycles. The molecule has 0 spiro atoms. The van der Waals surface area contributed by atoms with E-state index in [2.05, 4.69) is 26.1 Å². The summed E-state index contributed by atoms with van der Waals surface area (Å²) in [4.78, 5) is 29.3. The van der Waals surface area contributed by atoms with Crippen LogP contribution in [0.4, 0.5) is 0 Å². The zero-order valence-electron chi connectivity index (χ0n) is 16.6. The number of piperidine rings is 1. The molecular weight excluding hydrogens is 452 g/mol. The summed E-state index contributed by atoms with van der Waals surface area (Å²) in [5, 5.41) is 6.60. The van der Waals surface area contributed by atoms with Crippen molar-refractivity contribution in [2.75, 3.05) is 39.4 Å². The first-order valence-corrected chi connectivity index (χ1v) is 11.0. The monoisotopic (exact) mass is 476 g/mol. The number of carbonyl (C=O) groups is 2. The summed E-state index contributed by atoms with van der Waals surface area (Å²) >= 11 is 3.47. The highest BCUT2D eigenvalue weighted by Crippen LogP contribution is 2.28. The fourth-order valence-electron chi connectivity index (χ4n) is 3.97. The Hall–Kier alpha value is -2.39. The van der Waals surface area contributed by atoms with Gasteiger partial charge in [0.2, 0.25) is 5.91 Å². The minimum absolute atomic E-state index is 0.0852. The molecule has 0 unspecified atom stereocenters. The van der Waals surface area contributed by atoms with Crippen LogP contribution in [0.1, 0.15) is 23.3 Å². The van der Waals surface area contributed by atoms with Gasteiger partial charge in [-0.3, -0.25) is 14.7 Å². The standard InChI is InChI=1S/C21H25BrN4O4/c22-16-2-1-3-17(13-16)30-19-5-7-26(21(28)18-4-6-23-24-18)14-15(19)12-20(27)25-8-10-29-11-9-25/h1-4,6,13,15,19H,5,7-12,14H2,(H,23,24)/t15-,19-/m0/s1. The van der Waals surface area contributed by atoms with Crippen molar-refractivity contribution in [3.8, 4) is 5.75 Å². The second kappa shape index (κ2) is 9.61. The average molecular weight is 477 g/mol. The van der Waals surface area contributed by atoms with Gasteiger partial charge >= 0.3 is 0 Å². The lowest BCUT2D eigenvalue weighted by Crippen LogP contribution is -2.50. The molecule has 2 aliphatic rings. The summed E-state index contributed by atoms with van der Waals surface area (Å²) in [7, 11) is 0. The summed E-state index contributed by atoms with van der Waals surface area (Å²) in [5.41, 5.74) is 0.458. The van der Waals surface area contributed by atoms with E-state index in [1.807, 2.05) is 29.2 Å². The van der Waals surface area contributed by atoms with Crippen molar-refractivity contribution >= 4 is 27.7 Å². The quantitative estimate of drug-likeness (QED) is 0.715. The molecule has 0 radical (unpaired) electrons. The third kappa shape index (κ3) is 5.02. The molecule has 30 heavy (non-hydrogen) atoms. The Morgan fingerprint density at radius 2 is 2.03 bits per heavy atom. The van der Waals surface area contributed by atoms with Crippen LogP contribution in [0.15, 0.2) is 41.0 Å². The molecule has 1 aromatic carbocycles. The van der Waals surface area contributed by atoms with Crippen LogP contribution in [-0.2, 0) is 9.53 Å². The molecule has 2 amide bonds. The first kappa shape index (κ1) is 20.9. The highest BCUT2D eigenvalue weighted by molar-refractivity contribution is 9.10. The van der Waals surface area contributed by atoms with Crippen molar-refractivity contribution in [3.05, 3.63) is 46.7 Å². The molecule has 160 valence electrons. The van der Waals surface area contributed by atoms with E-state index in [4.69, 9.17) is 9.47 Å². The highest BCUT2D eigenvalue weighted by atomic mass is 79.9. The lowest BCUT2D eigenvalue weighted by Gasteiger charge is -2.39. The first-order chi connectivity index (χ1) is 14.6. The predicted octanol–water partition coefficient (Wildman–Crippen LogP) is 2.33. The molecule has 3 heterocycles. The highest BCUT2D eigenvalue weighted by Gasteiger charge is 2.36. The number of hydrogen-bond acceptors (Lipinski definition) is 5. The van der Waals surface area contributed by atoms with Gasteiger partial charge in [-0.2, -0.15) is 5.10 Å². The minimum atomic E-state index is -0.143. The smallest absolute Gasteiger partial charge is 0.271 e. The fourth-order valence-corrected chi connectivity index (χ4v) is 4.35. The van der Waals surface area contributed by atoms with Crippen molar-refractivity contribution in [3.63, 3.8) is 0 Å². The second-order valence-electron chi connectivity index (χ2n) is 7.58. The molecule has 2 saturated heterocycles. The molecule has 2 aromatic rings. The number of morpholine rings is 1. The van der Waals surface area contributed by atoms with Crippen LogP contribution >= 0.6 is 15.9 Å². The van der Waals surface area contributed by atoms with Crippen molar-refractivity contribution in [2.45, 2.75) is 18.9 Å². The molecule has 1 N–H and O–H groups in total. The summed E-state index contributed by atoms with van der Waals surface area (Å²) in [6.07, 6.45) is 2.42. The van der Waals surface area contributed by atoms with Crippen LogP contribution in [0.3, 0.4) is 0 Å². The summed E-state index contributed by atoms with van der Waals surface area (Å²) < 4.78 is 12.6. The zero-order valence-corrected chi connectivity index (χ0v) is 18.2. The van der Waals surface area contributed by atoms with Crippen molar-refractivity contribution in [2.24, 2.45) is 5.92 Å². The summed E-state index contributed by atoms with van der Waals surface area (Å²) in [5.74, 6) is 0.644. The molecule has 0 saturated carbocycles. The van der Waals surface area contributed by atoms with Crippen molar-refractivity contribution in [1.82, 2.24) is 20.0 Å². The molecule has 0 aliphatic carbocycles. The van der Waals surface area contributed by atoms with Gasteiger partial charge in [0.25, 0.3) is 5.91 Å². The number of hydrogen-bond donors (Lipinski definition) is 1. The second-order valence-corrected chi connectivity index (χ2v) is 8.50. The molecule has 2 fully saturated rings. The van der Waals surface area contributed by atoms with Gasteiger partial charge in [-0.25, -0.2) is 0 Å². The number of rotatable bonds is 5. The van der Waals surface area contributed by atoms with Gasteiger partial charge in [0, 0.05) is 55.6 Å². The lowest BCUT2D eigenvalue weighted by atomic mass is 9.90. The number of benzene rings is 1. The first-order valence-electron chi connectivity index (χ1n) is 10.2. The molecule has 2 atom stereocenters. The van der Waals surface area contributed by atoms with E-state index in [9.17, 15) is 9.59 Å². The number of aromatic amines is 1. The van der Waals surface area contributed by atoms with Crippen LogP contribution in [0.2, 0.25) is 0 Å². The molecule has 9 heteroatoms. The largest absolute Gasteiger partial charge is 0.490 e. The Labute approximate surface area is 183 Å². The van der Waals surface area contributed by atoms with Gasteiger partial charge in [-0.05, 0) is 24.3 Å². The van der Waals surface area contributed by atoms with Crippen LogP contribution in [0.25, 0.3) is 0 Å². The Balaban J connectivity index is 1.48. The van der Waals surface area contributed by atoms with Crippen molar-refractivity contribution in [1.29, 1.82) is 0 Å². The van der Waals surface area contributed by atoms with Gasteiger partial charge in [-0.15, -0.1) is 0 Å². The Morgan fingerprint density at radius 1 is 1.20 bits per heavy atom. The third-order valence-electron chi connectivity index (χ3n) is 5.57. The fraction of sp³-hybridized carbons (Fsp3) is 0.476. The van der Waals surface area contributed by atoms with E-state index in [1.54, 1.807) is 17.2 Å². The molecule has 8 nitrogen and oxygen atoms in total. The van der Waals surface area contributed by atoms with Crippen LogP contribution in [-0.4, -0.2) is 77.3 Å².